The van der Waals surface area contributed by atoms with Gasteiger partial charge in [-0.05, 0) is 18.1 Å². The second kappa shape index (κ2) is 12.7. The Morgan fingerprint density at radius 2 is 1.54 bits per heavy atom. The number of carboxylic acids is 2. The molecule has 0 radical (unpaired) electrons. The molecule has 0 spiro atoms. The van der Waals surface area contributed by atoms with Gasteiger partial charge in [-0.1, -0.05) is 18.2 Å². The molecule has 0 aliphatic rings. The average molecular weight is 510 g/mol. The molecule has 0 fully saturated rings. The van der Waals surface area contributed by atoms with Gasteiger partial charge in [0.1, 0.15) is 18.1 Å². The van der Waals surface area contributed by atoms with Gasteiger partial charge in [0.15, 0.2) is 0 Å². The number of para-hydroxylation sites is 1. The molecule has 4 atom stereocenters. The predicted octanol–water partition coefficient (Wildman–Crippen LogP) is -2.03. The normalized spacial score (nSPS) is 14.4. The Balaban J connectivity index is 2.04. The number of carbonyl (C=O) groups is 5. The second-order valence-corrected chi connectivity index (χ2v) is 8.02. The van der Waals surface area contributed by atoms with Gasteiger partial charge in [0.25, 0.3) is 0 Å². The molecule has 13 nitrogen and oxygen atoms in total. The second-order valence-electron chi connectivity index (χ2n) is 7.65. The summed E-state index contributed by atoms with van der Waals surface area (Å²) in [4.78, 5) is 62.8. The van der Waals surface area contributed by atoms with Crippen LogP contribution in [0.1, 0.15) is 12.0 Å². The van der Waals surface area contributed by atoms with Gasteiger partial charge in [0.2, 0.25) is 17.7 Å². The maximum absolute atomic E-state index is 12.6. The van der Waals surface area contributed by atoms with E-state index in [2.05, 4.69) is 33.6 Å². The number of fused-ring (bicyclic) bond motifs is 1. The lowest BCUT2D eigenvalue weighted by molar-refractivity contribution is -0.143. The fourth-order valence-corrected chi connectivity index (χ4v) is 3.46. The van der Waals surface area contributed by atoms with E-state index in [1.165, 1.54) is 0 Å². The van der Waals surface area contributed by atoms with E-state index in [1.807, 2.05) is 24.3 Å². The summed E-state index contributed by atoms with van der Waals surface area (Å²) in [5, 5.41) is 35.0. The number of H-pyrrole nitrogens is 1. The summed E-state index contributed by atoms with van der Waals surface area (Å²) in [6.45, 7) is -0.868. The summed E-state index contributed by atoms with van der Waals surface area (Å²) in [5.74, 6) is -6.03. The molecule has 190 valence electrons. The number of aromatic amines is 1. The number of aliphatic hydroxyl groups excluding tert-OH is 1. The minimum atomic E-state index is -1.67. The van der Waals surface area contributed by atoms with Crippen molar-refractivity contribution in [1.82, 2.24) is 20.9 Å². The lowest BCUT2D eigenvalue weighted by atomic mass is 10.0. The number of amides is 3. The topological polar surface area (TPSA) is 224 Å². The summed E-state index contributed by atoms with van der Waals surface area (Å²) < 4.78 is 0. The number of aromatic nitrogens is 1. The molecule has 1 aromatic carbocycles. The Kier molecular flexibility index (Phi) is 10.1. The maximum atomic E-state index is 12.6. The van der Waals surface area contributed by atoms with E-state index in [0.717, 1.165) is 16.5 Å². The quantitative estimate of drug-likeness (QED) is 0.136. The van der Waals surface area contributed by atoms with Gasteiger partial charge in [-0.3, -0.25) is 19.2 Å². The summed E-state index contributed by atoms with van der Waals surface area (Å²) in [5.41, 5.74) is 7.59. The summed E-state index contributed by atoms with van der Waals surface area (Å²) in [7, 11) is 0. The van der Waals surface area contributed by atoms with E-state index < -0.39 is 66.9 Å². The molecule has 0 saturated carbocycles. The fraction of sp³-hybridized carbons (Fsp3) is 0.381. The van der Waals surface area contributed by atoms with Crippen LogP contribution in [0.5, 0.6) is 0 Å². The van der Waals surface area contributed by atoms with Crippen molar-refractivity contribution in [1.29, 1.82) is 0 Å². The zero-order chi connectivity index (χ0) is 26.1. The molecule has 2 aromatic rings. The Bertz CT molecular complexity index is 1090. The highest BCUT2D eigenvalue weighted by Gasteiger charge is 2.31. The van der Waals surface area contributed by atoms with Gasteiger partial charge < -0.3 is 42.0 Å². The molecule has 0 bridgehead atoms. The molecule has 0 aliphatic heterocycles. The highest BCUT2D eigenvalue weighted by atomic mass is 32.1. The lowest BCUT2D eigenvalue weighted by Crippen LogP contribution is -2.58. The Morgan fingerprint density at radius 3 is 2.14 bits per heavy atom. The standard InChI is InChI=1S/C21H27N5O8S/c22-12(5-10-7-23-13-4-2-1-3-11(10)13)18(30)25-15(8-27)20(32)24-14(6-17(28)29)19(31)26-16(9-35)21(33)34/h1-4,7,12,14-16,23,27,35H,5-6,8-9,22H2,(H,24,32)(H,25,30)(H,26,31)(H,28,29)(H,33,34). The molecular weight excluding hydrogens is 482 g/mol. The van der Waals surface area contributed by atoms with Crippen LogP contribution in [0.15, 0.2) is 30.5 Å². The molecule has 0 aliphatic carbocycles. The summed E-state index contributed by atoms with van der Waals surface area (Å²) in [6.07, 6.45) is 0.959. The van der Waals surface area contributed by atoms with Crippen molar-refractivity contribution in [2.75, 3.05) is 12.4 Å². The van der Waals surface area contributed by atoms with E-state index in [-0.39, 0.29) is 12.2 Å². The highest BCUT2D eigenvalue weighted by molar-refractivity contribution is 7.80. The van der Waals surface area contributed by atoms with Gasteiger partial charge in [-0.15, -0.1) is 0 Å². The number of hydrogen-bond donors (Lipinski definition) is 9. The molecule has 4 unspecified atom stereocenters. The maximum Gasteiger partial charge on any atom is 0.327 e. The zero-order valence-electron chi connectivity index (χ0n) is 18.4. The summed E-state index contributed by atoms with van der Waals surface area (Å²) >= 11 is 3.80. The molecule has 2 rings (SSSR count). The zero-order valence-corrected chi connectivity index (χ0v) is 19.3. The Morgan fingerprint density at radius 1 is 0.943 bits per heavy atom. The fourth-order valence-electron chi connectivity index (χ4n) is 3.22. The van der Waals surface area contributed by atoms with Crippen LogP contribution in [-0.2, 0) is 30.4 Å². The molecular formula is C21H27N5O8S. The van der Waals surface area contributed by atoms with Gasteiger partial charge in [-0.2, -0.15) is 12.6 Å². The van der Waals surface area contributed by atoms with Crippen molar-refractivity contribution >= 4 is 53.2 Å². The number of thiol groups is 1. The van der Waals surface area contributed by atoms with Crippen LogP contribution in [-0.4, -0.2) is 86.5 Å². The minimum Gasteiger partial charge on any atom is -0.481 e. The largest absolute Gasteiger partial charge is 0.481 e. The monoisotopic (exact) mass is 509 g/mol. The number of aliphatic hydroxyl groups is 1. The van der Waals surface area contributed by atoms with Crippen LogP contribution in [0.25, 0.3) is 10.9 Å². The van der Waals surface area contributed by atoms with Gasteiger partial charge in [0.05, 0.1) is 19.1 Å². The highest BCUT2D eigenvalue weighted by Crippen LogP contribution is 2.18. The Labute approximate surface area is 204 Å². The molecule has 35 heavy (non-hydrogen) atoms. The number of aliphatic carboxylic acids is 2. The van der Waals surface area contributed by atoms with Gasteiger partial charge in [-0.25, -0.2) is 4.79 Å². The van der Waals surface area contributed by atoms with Crippen LogP contribution in [0.4, 0.5) is 0 Å². The van der Waals surface area contributed by atoms with Crippen molar-refractivity contribution < 1.29 is 39.3 Å². The third-order valence-corrected chi connectivity index (χ3v) is 5.44. The molecule has 14 heteroatoms. The number of carboxylic acid groups (broad SMARTS) is 2. The molecule has 1 aromatic heterocycles. The van der Waals surface area contributed by atoms with Crippen molar-refractivity contribution in [3.05, 3.63) is 36.0 Å². The third kappa shape index (κ3) is 7.70. The van der Waals surface area contributed by atoms with Crippen LogP contribution < -0.4 is 21.7 Å². The van der Waals surface area contributed by atoms with Crippen molar-refractivity contribution in [2.45, 2.75) is 37.0 Å². The number of nitrogens with one attached hydrogen (secondary N) is 4. The molecule has 1 heterocycles. The number of benzene rings is 1. The van der Waals surface area contributed by atoms with Crippen LogP contribution in [0.2, 0.25) is 0 Å². The van der Waals surface area contributed by atoms with Crippen LogP contribution in [0.3, 0.4) is 0 Å². The van der Waals surface area contributed by atoms with E-state index in [1.54, 1.807) is 6.20 Å². The first-order valence-corrected chi connectivity index (χ1v) is 11.1. The molecule has 0 saturated heterocycles. The van der Waals surface area contributed by atoms with Crippen molar-refractivity contribution in [3.63, 3.8) is 0 Å². The lowest BCUT2D eigenvalue weighted by Gasteiger charge is -2.23. The van der Waals surface area contributed by atoms with E-state index in [0.29, 0.717) is 0 Å². The van der Waals surface area contributed by atoms with Gasteiger partial charge in [0, 0.05) is 22.9 Å². The van der Waals surface area contributed by atoms with Crippen molar-refractivity contribution in [3.8, 4) is 0 Å². The minimum absolute atomic E-state index is 0.125. The van der Waals surface area contributed by atoms with Crippen LogP contribution in [0, 0.1) is 0 Å². The smallest absolute Gasteiger partial charge is 0.327 e. The van der Waals surface area contributed by atoms with Crippen molar-refractivity contribution in [2.24, 2.45) is 5.73 Å². The number of hydrogen-bond acceptors (Lipinski definition) is 8. The van der Waals surface area contributed by atoms with Crippen LogP contribution >= 0.6 is 12.6 Å². The first kappa shape index (κ1) is 27.6. The van der Waals surface area contributed by atoms with E-state index in [9.17, 15) is 29.1 Å². The molecule has 3 amide bonds. The number of carbonyl (C=O) groups excluding carboxylic acids is 3. The SMILES string of the molecule is NC(Cc1c[nH]c2ccccc12)C(=O)NC(CO)C(=O)NC(CC(=O)O)C(=O)NC(CS)C(=O)O. The number of rotatable bonds is 13. The molecule has 9 N–H and O–H groups in total. The average Bonchev–Trinajstić information content (AvgIpc) is 3.22. The predicted molar refractivity (Wildman–Crippen MR) is 127 cm³/mol. The first-order valence-electron chi connectivity index (χ1n) is 10.4. The van der Waals surface area contributed by atoms with Gasteiger partial charge >= 0.3 is 11.9 Å². The summed E-state index contributed by atoms with van der Waals surface area (Å²) in [6, 6.07) is 1.67. The third-order valence-electron chi connectivity index (χ3n) is 5.08. The van der Waals surface area contributed by atoms with E-state index >= 15 is 0 Å². The first-order chi connectivity index (χ1) is 16.6. The number of nitrogens with two attached hydrogens (primary N) is 1. The van der Waals surface area contributed by atoms with E-state index in [4.69, 9.17) is 15.9 Å². The Hall–Kier alpha value is -3.62.